The van der Waals surface area contributed by atoms with Crippen LogP contribution in [0.1, 0.15) is 82.0 Å². The van der Waals surface area contributed by atoms with Gasteiger partial charge < -0.3 is 4.74 Å². The van der Waals surface area contributed by atoms with E-state index >= 15 is 0 Å². The van der Waals surface area contributed by atoms with Crippen molar-refractivity contribution in [2.75, 3.05) is 7.11 Å². The summed E-state index contributed by atoms with van der Waals surface area (Å²) in [5.41, 5.74) is -28.0. The third-order valence-electron chi connectivity index (χ3n) is 14.9. The molecule has 3 saturated carbocycles. The van der Waals surface area contributed by atoms with Gasteiger partial charge in [0, 0.05) is 45.0 Å². The summed E-state index contributed by atoms with van der Waals surface area (Å²) in [6.07, 6.45) is -22.6. The molecule has 0 unspecified atom stereocenters. The number of alkyl halides is 24. The largest absolute Gasteiger partial charge is 2.00 e. The number of ether oxygens (including phenoxy) is 1. The van der Waals surface area contributed by atoms with Gasteiger partial charge in [0.1, 0.15) is 12.2 Å². The van der Waals surface area contributed by atoms with Crippen molar-refractivity contribution < 1.29 is 147 Å². The van der Waals surface area contributed by atoms with E-state index in [1.807, 2.05) is 56.5 Å². The molecular formula is C69H50BF24FeIrNOP+. The minimum absolute atomic E-state index is 0. The van der Waals surface area contributed by atoms with Gasteiger partial charge in [0.2, 0.25) is 0 Å². The fourth-order valence-electron chi connectivity index (χ4n) is 10.6. The molecule has 99 heavy (non-hydrogen) atoms. The van der Waals surface area contributed by atoms with Gasteiger partial charge in [-0.15, -0.1) is 0 Å². The van der Waals surface area contributed by atoms with Crippen molar-refractivity contribution in [1.82, 2.24) is 4.98 Å². The van der Waals surface area contributed by atoms with Crippen molar-refractivity contribution in [3.8, 4) is 0 Å². The van der Waals surface area contributed by atoms with Crippen molar-refractivity contribution >= 4 is 46.5 Å². The quantitative estimate of drug-likeness (QED) is 0.0773. The minimum Gasteiger partial charge on any atom is -0.374 e. The summed E-state index contributed by atoms with van der Waals surface area (Å²) in [5, 5.41) is 2.67. The first-order valence-electron chi connectivity index (χ1n) is 28.6. The van der Waals surface area contributed by atoms with Crippen LogP contribution < -0.4 is 32.5 Å². The molecule has 0 N–H and O–H groups in total. The van der Waals surface area contributed by atoms with Gasteiger partial charge in [0.25, 0.3) is 0 Å². The van der Waals surface area contributed by atoms with Crippen molar-refractivity contribution in [2.45, 2.75) is 81.2 Å². The second kappa shape index (κ2) is 34.6. The maximum absolute atomic E-state index is 14.2. The Morgan fingerprint density at radius 3 is 0.848 bits per heavy atom. The van der Waals surface area contributed by atoms with Gasteiger partial charge in [-0.1, -0.05) is 115 Å². The molecule has 0 spiro atoms. The van der Waals surface area contributed by atoms with Gasteiger partial charge in [0.15, 0.2) is 0 Å². The van der Waals surface area contributed by atoms with Crippen LogP contribution in [0, 0.1) is 88.6 Å². The standard InChI is InChI=1S/C32H12BF24.C24H21NOP.C8H12.C5H5.Fe.Ir/c34-25(35,36)13-1-14(26(37,38)39)6-21(5-13)33(22-7-15(27(40,41)42)2-16(8-22)28(43,44)45,23-9-17(29(46,47)48)3-18(10-23)30(49,50)51)24-11-19(31(52,53)54)4-20(12-24)32(55,56)57;1-26-24(22-16-8-9-18-25-22)21-15-10-17-23(21)27(19-11-4-2-5-12-19)20-13-6-3-7-14-20;1-2-4-6-8-7-5-3-1;1-2-4-5-3-1;;/h1-12H;2-18,24H,1H3;1-2,7-8H,3-6H2;1-5H;;/q-1;;;;+2;/t;24-;;;;/m.1..../s1. The molecule has 30 heteroatoms. The second-order valence-corrected chi connectivity index (χ2v) is 23.7. The Balaban J connectivity index is 0.000000341. The molecule has 0 amide bonds. The topological polar surface area (TPSA) is 22.1 Å². The average Bonchev–Trinajstić information content (AvgIpc) is 1.06. The van der Waals surface area contributed by atoms with Crippen LogP contribution in [0.4, 0.5) is 105 Å². The van der Waals surface area contributed by atoms with E-state index in [9.17, 15) is 105 Å². The van der Waals surface area contributed by atoms with Gasteiger partial charge in [-0.25, -0.2) is 0 Å². The van der Waals surface area contributed by atoms with Crippen LogP contribution in [-0.4, -0.2) is 18.2 Å². The van der Waals surface area contributed by atoms with Crippen molar-refractivity contribution in [3.05, 3.63) is 297 Å². The zero-order chi connectivity index (χ0) is 71.6. The normalized spacial score (nSPS) is 15.9. The smallest absolute Gasteiger partial charge is 0.374 e. The maximum atomic E-state index is 14.2. The van der Waals surface area contributed by atoms with Gasteiger partial charge in [0.05, 0.1) is 50.2 Å². The number of hydrogen-bond acceptors (Lipinski definition) is 2. The predicted octanol–water partition coefficient (Wildman–Crippen LogP) is 19.2. The molecule has 3 aliphatic carbocycles. The number of aromatic nitrogens is 1. The molecule has 15 radical (unpaired) electrons. The van der Waals surface area contributed by atoms with Crippen LogP contribution >= 0.6 is 7.92 Å². The third kappa shape index (κ3) is 22.5. The summed E-state index contributed by atoms with van der Waals surface area (Å²) in [5.74, 6) is 1.19. The molecule has 0 saturated heterocycles. The number of pyridine rings is 1. The van der Waals surface area contributed by atoms with Crippen LogP contribution in [0.3, 0.4) is 0 Å². The molecule has 1 aromatic heterocycles. The number of rotatable bonds is 10. The molecule has 1 atom stereocenters. The number of nitrogens with zero attached hydrogens (tertiary/aromatic N) is 1. The van der Waals surface area contributed by atoms with E-state index in [1.54, 1.807) is 7.11 Å². The first-order valence-corrected chi connectivity index (χ1v) is 29.9. The Morgan fingerprint density at radius 1 is 0.354 bits per heavy atom. The zero-order valence-electron chi connectivity index (χ0n) is 50.5. The Morgan fingerprint density at radius 2 is 0.616 bits per heavy atom. The predicted molar refractivity (Wildman–Crippen MR) is 320 cm³/mol. The number of benzene rings is 6. The van der Waals surface area contributed by atoms with E-state index in [-0.39, 0.29) is 43.3 Å². The molecule has 3 aliphatic rings. The second-order valence-electron chi connectivity index (χ2n) is 21.5. The first kappa shape index (κ1) is 84.1. The van der Waals surface area contributed by atoms with Gasteiger partial charge in [-0.05, 0) is 158 Å². The maximum Gasteiger partial charge on any atom is 2.00 e. The van der Waals surface area contributed by atoms with Crippen LogP contribution in [0.25, 0.3) is 0 Å². The molecule has 0 bridgehead atoms. The van der Waals surface area contributed by atoms with Crippen molar-refractivity contribution in [1.29, 1.82) is 0 Å². The number of halogens is 24. The summed E-state index contributed by atoms with van der Waals surface area (Å²) in [6.45, 7) is 0. The fraction of sp³-hybridized carbons (Fsp3) is 0.203. The minimum atomic E-state index is -6.13. The first-order chi connectivity index (χ1) is 45.1. The SMILES string of the molecule is CO[C@H]([C]1[CH][CH][CH][C]1P(c1ccccc1)c1ccccc1)c1ccccn1.FC(F)(F)c1cc([B-](c2cc(C(F)(F)F)cc(C(F)(F)F)c2)(c2cc(C(F)(F)F)cc(C(F)(F)F)c2)c2cc(C(F)(F)F)cc(C(F)(F)F)c2)cc(C(F)(F)F)c1.[CH]1[CH]CC[CH][CH]CC1.[CH]1[CH][CH][CH][CH]1.[Fe+2].[Ir]. The van der Waals surface area contributed by atoms with E-state index in [0.717, 1.165) is 5.69 Å². The third-order valence-corrected chi connectivity index (χ3v) is 17.4. The van der Waals surface area contributed by atoms with Crippen molar-refractivity contribution in [3.63, 3.8) is 0 Å². The van der Waals surface area contributed by atoms with Crippen LogP contribution in [0.15, 0.2) is 158 Å². The van der Waals surface area contributed by atoms with E-state index in [2.05, 4.69) is 111 Å². The summed E-state index contributed by atoms with van der Waals surface area (Å²) in [7, 11) is 1.09. The van der Waals surface area contributed by atoms with Crippen LogP contribution in [0.5, 0.6) is 0 Å². The van der Waals surface area contributed by atoms with E-state index in [0.29, 0.717) is 0 Å². The van der Waals surface area contributed by atoms with Gasteiger partial charge in [-0.3, -0.25) is 4.98 Å². The average molecular weight is 1650 g/mol. The van der Waals surface area contributed by atoms with Crippen LogP contribution in [0.2, 0.25) is 0 Å². The molecule has 0 aliphatic heterocycles. The molecule has 529 valence electrons. The zero-order valence-corrected chi connectivity index (χ0v) is 54.9. The van der Waals surface area contributed by atoms with E-state index < -0.39 is 203 Å². The van der Waals surface area contributed by atoms with Gasteiger partial charge in [-0.2, -0.15) is 127 Å². The summed E-state index contributed by atoms with van der Waals surface area (Å²) in [6, 6.07) is 18.6. The van der Waals surface area contributed by atoms with Gasteiger partial charge >= 0.3 is 66.5 Å². The Bertz CT molecular complexity index is 3140. The Hall–Kier alpha value is -5.59. The Labute approximate surface area is 581 Å². The van der Waals surface area contributed by atoms with Crippen molar-refractivity contribution in [2.24, 2.45) is 0 Å². The Kier molecular flexibility index (Phi) is 29.4. The molecule has 10 rings (SSSR count). The van der Waals surface area contributed by atoms with Crippen LogP contribution in [-0.2, 0) is 91.3 Å². The number of methoxy groups -OCH3 is 1. The molecule has 6 aromatic carbocycles. The summed E-state index contributed by atoms with van der Waals surface area (Å²) in [4.78, 5) is 4.53. The fourth-order valence-corrected chi connectivity index (χ4v) is 13.1. The molecular weight excluding hydrogens is 1600 g/mol. The monoisotopic (exact) mass is 1660 g/mol. The summed E-state index contributed by atoms with van der Waals surface area (Å²) >= 11 is 0. The van der Waals surface area contributed by atoms with E-state index in [1.165, 1.54) is 47.9 Å². The number of hydrogen-bond donors (Lipinski definition) is 0. The molecule has 1 heterocycles. The van der Waals surface area contributed by atoms with E-state index in [4.69, 9.17) is 4.74 Å². The molecule has 7 aromatic rings. The summed E-state index contributed by atoms with van der Waals surface area (Å²) < 4.78 is 347. The molecule has 3 fully saturated rings. The molecule has 2 nitrogen and oxygen atoms in total.